The van der Waals surface area contributed by atoms with Crippen LogP contribution in [0.1, 0.15) is 51.4 Å². The lowest BCUT2D eigenvalue weighted by Gasteiger charge is -2.44. The summed E-state index contributed by atoms with van der Waals surface area (Å²) in [4.78, 5) is 15.1. The van der Waals surface area contributed by atoms with E-state index in [2.05, 4.69) is 22.0 Å². The molecule has 3 rings (SSSR count). The lowest BCUT2D eigenvalue weighted by Crippen LogP contribution is -2.60. The first-order valence-electron chi connectivity index (χ1n) is 8.55. The van der Waals surface area contributed by atoms with E-state index in [1.165, 1.54) is 50.3 Å². The number of nitrogens with one attached hydrogen (secondary N) is 1. The summed E-state index contributed by atoms with van der Waals surface area (Å²) in [6.45, 7) is 3.15. The molecule has 1 amide bonds. The first-order chi connectivity index (χ1) is 10.1. The fourth-order valence-corrected chi connectivity index (χ4v) is 5.23. The largest absolute Gasteiger partial charge is 0.353 e. The van der Waals surface area contributed by atoms with Gasteiger partial charge < -0.3 is 11.1 Å². The van der Waals surface area contributed by atoms with E-state index >= 15 is 0 Å². The average Bonchev–Trinajstić information content (AvgIpc) is 3.16. The molecular formula is C16H31Cl2N3OS. The predicted octanol–water partition coefficient (Wildman–Crippen LogP) is 2.58. The third-order valence-electron chi connectivity index (χ3n) is 5.74. The van der Waals surface area contributed by atoms with Crippen LogP contribution in [0.3, 0.4) is 0 Å². The molecule has 0 bridgehead atoms. The Hall–Kier alpha value is 0.320. The molecule has 7 heteroatoms. The van der Waals surface area contributed by atoms with Gasteiger partial charge in [0, 0.05) is 36.7 Å². The molecular weight excluding hydrogens is 353 g/mol. The highest BCUT2D eigenvalue weighted by Gasteiger charge is 2.42. The molecule has 0 spiro atoms. The molecule has 0 atom stereocenters. The molecule has 1 heterocycles. The minimum atomic E-state index is -0.586. The number of thioether (sulfide) groups is 1. The molecule has 3 fully saturated rings. The van der Waals surface area contributed by atoms with Crippen LogP contribution >= 0.6 is 36.6 Å². The van der Waals surface area contributed by atoms with Crippen molar-refractivity contribution < 1.29 is 4.79 Å². The number of hydrogen-bond acceptors (Lipinski definition) is 4. The molecule has 0 radical (unpaired) electrons. The van der Waals surface area contributed by atoms with Crippen molar-refractivity contribution in [2.45, 2.75) is 62.4 Å². The van der Waals surface area contributed by atoms with Crippen LogP contribution in [-0.4, -0.2) is 53.0 Å². The molecule has 0 aromatic carbocycles. The van der Waals surface area contributed by atoms with Crippen LogP contribution in [-0.2, 0) is 4.79 Å². The van der Waals surface area contributed by atoms with Crippen molar-refractivity contribution in [3.8, 4) is 0 Å². The Bertz CT molecular complexity index is 380. The van der Waals surface area contributed by atoms with Crippen molar-refractivity contribution in [2.24, 2.45) is 5.73 Å². The summed E-state index contributed by atoms with van der Waals surface area (Å²) in [5.41, 5.74) is 5.91. The number of hydrogen-bond donors (Lipinski definition) is 2. The van der Waals surface area contributed by atoms with E-state index in [9.17, 15) is 4.79 Å². The van der Waals surface area contributed by atoms with Crippen molar-refractivity contribution in [2.75, 3.05) is 31.1 Å². The zero-order valence-corrected chi connectivity index (χ0v) is 16.3. The van der Waals surface area contributed by atoms with Gasteiger partial charge in [-0.05, 0) is 25.7 Å². The fraction of sp³-hybridized carbons (Fsp3) is 0.938. The third kappa shape index (κ3) is 4.69. The van der Waals surface area contributed by atoms with Gasteiger partial charge in [0.1, 0.15) is 0 Å². The Morgan fingerprint density at radius 1 is 1.00 bits per heavy atom. The number of carbonyl (C=O) groups excluding carboxylic acids is 1. The highest BCUT2D eigenvalue weighted by atomic mass is 35.5. The highest BCUT2D eigenvalue weighted by Crippen LogP contribution is 2.36. The molecule has 2 saturated carbocycles. The summed E-state index contributed by atoms with van der Waals surface area (Å²) < 4.78 is 0. The number of nitrogens with two attached hydrogens (primary N) is 1. The summed E-state index contributed by atoms with van der Waals surface area (Å²) in [6, 6.07) is 0. The van der Waals surface area contributed by atoms with Crippen LogP contribution in [0.5, 0.6) is 0 Å². The Balaban J connectivity index is 0.00000132. The highest BCUT2D eigenvalue weighted by molar-refractivity contribution is 7.99. The van der Waals surface area contributed by atoms with Gasteiger partial charge in [-0.3, -0.25) is 9.69 Å². The van der Waals surface area contributed by atoms with Gasteiger partial charge in [-0.25, -0.2) is 0 Å². The van der Waals surface area contributed by atoms with Crippen molar-refractivity contribution >= 4 is 42.5 Å². The molecule has 0 aromatic heterocycles. The topological polar surface area (TPSA) is 58.4 Å². The van der Waals surface area contributed by atoms with Crippen molar-refractivity contribution in [1.82, 2.24) is 10.2 Å². The van der Waals surface area contributed by atoms with Crippen LogP contribution in [0.15, 0.2) is 0 Å². The van der Waals surface area contributed by atoms with E-state index in [4.69, 9.17) is 5.73 Å². The quantitative estimate of drug-likeness (QED) is 0.782. The third-order valence-corrected chi connectivity index (χ3v) is 6.68. The summed E-state index contributed by atoms with van der Waals surface area (Å²) in [6.07, 6.45) is 8.96. The maximum atomic E-state index is 12.5. The van der Waals surface area contributed by atoms with E-state index < -0.39 is 5.54 Å². The minimum Gasteiger partial charge on any atom is -0.353 e. The minimum absolute atomic E-state index is 0. The number of nitrogens with zero attached hydrogens (tertiary/aromatic N) is 1. The Morgan fingerprint density at radius 3 is 2.09 bits per heavy atom. The number of halogens is 2. The summed E-state index contributed by atoms with van der Waals surface area (Å²) in [7, 11) is 0. The molecule has 4 nitrogen and oxygen atoms in total. The number of rotatable bonds is 4. The summed E-state index contributed by atoms with van der Waals surface area (Å²) >= 11 is 2.05. The second-order valence-corrected chi connectivity index (χ2v) is 8.30. The fourth-order valence-electron chi connectivity index (χ4n) is 4.33. The van der Waals surface area contributed by atoms with Gasteiger partial charge in [0.2, 0.25) is 5.91 Å². The molecule has 1 aliphatic heterocycles. The monoisotopic (exact) mass is 383 g/mol. The lowest BCUT2D eigenvalue weighted by molar-refractivity contribution is -0.126. The summed E-state index contributed by atoms with van der Waals surface area (Å²) in [5.74, 6) is 2.56. The Kier molecular flexibility index (Phi) is 8.49. The molecule has 136 valence electrons. The van der Waals surface area contributed by atoms with E-state index in [-0.39, 0.29) is 36.3 Å². The Labute approximate surface area is 156 Å². The van der Waals surface area contributed by atoms with E-state index in [0.29, 0.717) is 0 Å². The smallest absolute Gasteiger partial charge is 0.240 e. The molecule has 2 aliphatic carbocycles. The van der Waals surface area contributed by atoms with Crippen LogP contribution in [0.4, 0.5) is 0 Å². The molecule has 23 heavy (non-hydrogen) atoms. The van der Waals surface area contributed by atoms with Crippen LogP contribution < -0.4 is 11.1 Å². The maximum absolute atomic E-state index is 12.5. The summed E-state index contributed by atoms with van der Waals surface area (Å²) in [5, 5.41) is 3.23. The molecule has 0 aromatic rings. The van der Waals surface area contributed by atoms with Gasteiger partial charge >= 0.3 is 0 Å². The predicted molar refractivity (Wildman–Crippen MR) is 103 cm³/mol. The van der Waals surface area contributed by atoms with Gasteiger partial charge in [-0.1, -0.05) is 25.7 Å². The van der Waals surface area contributed by atoms with Gasteiger partial charge in [0.25, 0.3) is 0 Å². The van der Waals surface area contributed by atoms with Crippen molar-refractivity contribution in [3.05, 3.63) is 0 Å². The molecule has 0 unspecified atom stereocenters. The van der Waals surface area contributed by atoms with Crippen molar-refractivity contribution in [1.29, 1.82) is 0 Å². The van der Waals surface area contributed by atoms with E-state index in [0.717, 1.165) is 32.2 Å². The van der Waals surface area contributed by atoms with Gasteiger partial charge in [0.15, 0.2) is 0 Å². The van der Waals surface area contributed by atoms with Crippen molar-refractivity contribution in [3.63, 3.8) is 0 Å². The molecule has 3 aliphatic rings. The molecule has 3 N–H and O–H groups in total. The van der Waals surface area contributed by atoms with Crippen LogP contribution in [0, 0.1) is 0 Å². The average molecular weight is 384 g/mol. The first kappa shape index (κ1) is 21.4. The normalized spacial score (nSPS) is 26.1. The Morgan fingerprint density at radius 2 is 1.52 bits per heavy atom. The van der Waals surface area contributed by atoms with E-state index in [1.54, 1.807) is 0 Å². The zero-order valence-electron chi connectivity index (χ0n) is 13.8. The SMILES string of the molecule is Cl.Cl.NC1(C(=O)NCC2(N3CCSCC3)CCCC2)CCCC1. The zero-order chi connectivity index (χ0) is 14.8. The van der Waals surface area contributed by atoms with Crippen LogP contribution in [0.2, 0.25) is 0 Å². The van der Waals surface area contributed by atoms with E-state index in [1.807, 2.05) is 0 Å². The standard InChI is InChI=1S/C16H29N3OS.2ClH/c17-16(7-3-4-8-16)14(20)18-13-15(5-1-2-6-15)19-9-11-21-12-10-19;;/h1-13,17H2,(H,18,20);2*1H. The molecule has 1 saturated heterocycles. The van der Waals surface area contributed by atoms with Gasteiger partial charge in [0.05, 0.1) is 5.54 Å². The number of amides is 1. The van der Waals surface area contributed by atoms with Gasteiger partial charge in [-0.2, -0.15) is 11.8 Å². The number of carbonyl (C=O) groups is 1. The first-order valence-corrected chi connectivity index (χ1v) is 9.70. The second-order valence-electron chi connectivity index (χ2n) is 7.08. The van der Waals surface area contributed by atoms with Crippen LogP contribution in [0.25, 0.3) is 0 Å². The second kappa shape index (κ2) is 9.14. The van der Waals surface area contributed by atoms with Gasteiger partial charge in [-0.15, -0.1) is 24.8 Å². The maximum Gasteiger partial charge on any atom is 0.240 e. The lowest BCUT2D eigenvalue weighted by atomic mass is 9.93.